The quantitative estimate of drug-likeness (QED) is 0.328. The molecule has 1 aliphatic heterocycles. The van der Waals surface area contributed by atoms with Gasteiger partial charge in [0, 0.05) is 0 Å². The molecule has 1 rings (SSSR count). The van der Waals surface area contributed by atoms with Gasteiger partial charge < -0.3 is 37.8 Å². The van der Waals surface area contributed by atoms with E-state index in [0.717, 1.165) is 0 Å². The minimum atomic E-state index is -1.35. The summed E-state index contributed by atoms with van der Waals surface area (Å²) in [5.41, 5.74) is -0.986. The molecule has 5 unspecified atom stereocenters. The Hall–Kier alpha value is 0.968. The van der Waals surface area contributed by atoms with E-state index in [1.807, 2.05) is 0 Å². The van der Waals surface area contributed by atoms with Crippen LogP contribution in [0, 0.1) is 0 Å². The number of hydrogen-bond acceptors (Lipinski definition) is 6. The van der Waals surface area contributed by atoms with Gasteiger partial charge in [0.15, 0.2) is 0 Å². The van der Waals surface area contributed by atoms with Gasteiger partial charge in [-0.2, -0.15) is 0 Å². The van der Waals surface area contributed by atoms with Crippen LogP contribution in [0.1, 0.15) is 0 Å². The summed E-state index contributed by atoms with van der Waals surface area (Å²) in [6, 6.07) is 0. The molecule has 1 radical (unpaired) electrons. The molecule has 5 atom stereocenters. The molecule has 0 aromatic carbocycles. The van der Waals surface area contributed by atoms with Crippen LogP contribution in [0.3, 0.4) is 0 Å². The van der Waals surface area contributed by atoms with Crippen molar-refractivity contribution in [2.24, 2.45) is 0 Å². The summed E-state index contributed by atoms with van der Waals surface area (Å²) >= 11 is 4.98. The first kappa shape index (κ1) is 16.0. The van der Waals surface area contributed by atoms with Gasteiger partial charge in [0.1, 0.15) is 18.3 Å². The van der Waals surface area contributed by atoms with Crippen LogP contribution in [-0.2, 0) is 17.4 Å². The summed E-state index contributed by atoms with van der Waals surface area (Å²) in [6.45, 7) is -0.432. The monoisotopic (exact) mass is 346 g/mol. The Bertz CT molecular complexity index is 168. The molecule has 1 saturated heterocycles. The van der Waals surface area contributed by atoms with Crippen LogP contribution in [-0.4, -0.2) is 78.5 Å². The van der Waals surface area contributed by atoms with Crippen LogP contribution in [0.4, 0.5) is 0 Å². The second-order valence-corrected chi connectivity index (χ2v) is 6.16. The van der Waals surface area contributed by atoms with Gasteiger partial charge in [-0.05, 0) is 5.44 Å². The van der Waals surface area contributed by atoms with Crippen LogP contribution in [0.5, 0.6) is 0 Å². The molecule has 4 N–H and O–H groups in total. The Morgan fingerprint density at radius 2 is 1.60 bits per heavy atom. The van der Waals surface area contributed by atoms with Crippen LogP contribution in [0.25, 0.3) is 0 Å². The van der Waals surface area contributed by atoms with Crippen molar-refractivity contribution in [3.63, 3.8) is 0 Å². The Labute approximate surface area is 105 Å². The Balaban J connectivity index is 0.000000583. The van der Waals surface area contributed by atoms with Crippen molar-refractivity contribution < 1.29 is 25.2 Å². The number of aliphatic hydroxyl groups excluding tert-OH is 4. The van der Waals surface area contributed by atoms with Crippen LogP contribution < -0.4 is 0 Å². The van der Waals surface area contributed by atoms with Crippen molar-refractivity contribution in [3.05, 3.63) is 0 Å². The Morgan fingerprint density at radius 3 is 2.00 bits per heavy atom. The van der Waals surface area contributed by atoms with E-state index < -0.39 is 36.5 Å². The van der Waals surface area contributed by atoms with Crippen molar-refractivity contribution >= 4 is 34.2 Å². The van der Waals surface area contributed by atoms with E-state index in [1.54, 1.807) is 0 Å². The molecule has 0 aliphatic carbocycles. The topological polar surface area (TPSA) is 90.2 Å². The van der Waals surface area contributed by atoms with Crippen molar-refractivity contribution in [2.45, 2.75) is 39.6 Å². The fourth-order valence-electron chi connectivity index (χ4n) is 1.07. The zero-order chi connectivity index (χ0) is 12.0. The third-order valence-corrected chi connectivity index (χ3v) is 2.24. The molecule has 15 heavy (non-hydrogen) atoms. The maximum atomic E-state index is 9.18. The van der Waals surface area contributed by atoms with Crippen LogP contribution >= 0.6 is 0 Å². The number of hydrogen-bond donors (Lipinski definition) is 4. The second kappa shape index (κ2) is 8.12. The van der Waals surface area contributed by atoms with Crippen LogP contribution in [0.2, 0.25) is 9.74 Å². The summed E-state index contributed by atoms with van der Waals surface area (Å²) in [6.07, 6.45) is -4.83. The van der Waals surface area contributed by atoms with E-state index in [0.29, 0.717) is 21.6 Å². The van der Waals surface area contributed by atoms with Crippen molar-refractivity contribution in [2.75, 3.05) is 6.61 Å². The van der Waals surface area contributed by atoms with Gasteiger partial charge in [0.2, 0.25) is 0 Å². The molecular formula is C8H17O5SSb-. The minimum absolute atomic E-state index is 0.350. The average Bonchev–Trinajstić information content (AvgIpc) is 2.21. The molecule has 0 bridgehead atoms. The number of ether oxygens (including phenoxy) is 1. The van der Waals surface area contributed by atoms with E-state index in [4.69, 9.17) is 20.1 Å². The summed E-state index contributed by atoms with van der Waals surface area (Å²) < 4.78 is 4.84. The second-order valence-electron chi connectivity index (χ2n) is 3.14. The molecule has 0 amide bonds. The SMILES string of the molecule is OCC1OC([S-])C(O)C(O)C1O.[CH3][Sb][CH3]. The molecule has 91 valence electrons. The summed E-state index contributed by atoms with van der Waals surface area (Å²) in [7, 11) is 0. The number of rotatable bonds is 1. The average molecular weight is 347 g/mol. The van der Waals surface area contributed by atoms with Gasteiger partial charge in [-0.15, -0.1) is 0 Å². The zero-order valence-electron chi connectivity index (χ0n) is 8.65. The predicted molar refractivity (Wildman–Crippen MR) is 58.6 cm³/mol. The fourth-order valence-corrected chi connectivity index (χ4v) is 1.37. The first-order chi connectivity index (χ1) is 6.99. The van der Waals surface area contributed by atoms with Gasteiger partial charge in [0.05, 0.1) is 12.7 Å². The molecule has 0 spiro atoms. The fraction of sp³-hybridized carbons (Fsp3) is 1.00. The van der Waals surface area contributed by atoms with Gasteiger partial charge >= 0.3 is 31.4 Å². The predicted octanol–water partition coefficient (Wildman–Crippen LogP) is -1.88. The van der Waals surface area contributed by atoms with E-state index in [-0.39, 0.29) is 0 Å². The Morgan fingerprint density at radius 1 is 1.13 bits per heavy atom. The van der Waals surface area contributed by atoms with E-state index in [2.05, 4.69) is 22.4 Å². The third kappa shape index (κ3) is 4.77. The normalized spacial score (nSPS) is 40.6. The molecule has 5 nitrogen and oxygen atoms in total. The molecule has 1 heterocycles. The first-order valence-corrected chi connectivity index (χ1v) is 10.0. The van der Waals surface area contributed by atoms with E-state index >= 15 is 0 Å². The van der Waals surface area contributed by atoms with E-state index in [9.17, 15) is 5.11 Å². The van der Waals surface area contributed by atoms with Crippen molar-refractivity contribution in [1.29, 1.82) is 0 Å². The van der Waals surface area contributed by atoms with Crippen LogP contribution in [0.15, 0.2) is 0 Å². The summed E-state index contributed by atoms with van der Waals surface area (Å²) in [5.74, 6) is 0. The van der Waals surface area contributed by atoms with Gasteiger partial charge in [0.25, 0.3) is 0 Å². The molecule has 0 saturated carbocycles. The third-order valence-electron chi connectivity index (χ3n) is 1.85. The Kier molecular flexibility index (Phi) is 8.64. The molecular weight excluding hydrogens is 330 g/mol. The van der Waals surface area contributed by atoms with Gasteiger partial charge in [-0.25, -0.2) is 0 Å². The van der Waals surface area contributed by atoms with Crippen molar-refractivity contribution in [3.8, 4) is 0 Å². The molecule has 7 heteroatoms. The number of aliphatic hydroxyl groups is 4. The molecule has 1 fully saturated rings. The summed E-state index contributed by atoms with van der Waals surface area (Å²) in [5, 5.41) is 36.1. The molecule has 1 aliphatic rings. The zero-order valence-corrected chi connectivity index (χ0v) is 12.0. The molecule has 0 aromatic heterocycles. The standard InChI is InChI=1S/C6H12O5S.2CH3.Sb/c7-1-2-3(8)4(9)5(10)6(12)11-2;;;/h2-10,12H,1H2;2*1H3;/p-1. The maximum absolute atomic E-state index is 9.18. The molecule has 0 aromatic rings. The van der Waals surface area contributed by atoms with E-state index in [1.165, 1.54) is 0 Å². The van der Waals surface area contributed by atoms with Crippen molar-refractivity contribution in [1.82, 2.24) is 0 Å². The van der Waals surface area contributed by atoms with Gasteiger partial charge in [-0.3, -0.25) is 0 Å². The summed E-state index contributed by atoms with van der Waals surface area (Å²) in [4.78, 5) is 4.55. The first-order valence-electron chi connectivity index (χ1n) is 4.43. The van der Waals surface area contributed by atoms with Gasteiger partial charge in [-0.1, -0.05) is 0 Å².